The number of nitrogens with zero attached hydrogens (tertiary/aromatic N) is 1. The van der Waals surface area contributed by atoms with Crippen LogP contribution in [0.25, 0.3) is 0 Å². The van der Waals surface area contributed by atoms with Gasteiger partial charge in [0, 0.05) is 11.6 Å². The van der Waals surface area contributed by atoms with Crippen LogP contribution in [0.2, 0.25) is 0 Å². The molecule has 0 aliphatic rings. The SMILES string of the molecule is Cc1noc(NC(=O)CNC(C)C)c1C. The molecule has 0 fully saturated rings. The summed E-state index contributed by atoms with van der Waals surface area (Å²) in [6.07, 6.45) is 0. The first-order valence-corrected chi connectivity index (χ1v) is 4.96. The average molecular weight is 211 g/mol. The zero-order valence-electron chi connectivity index (χ0n) is 9.55. The molecule has 5 nitrogen and oxygen atoms in total. The van der Waals surface area contributed by atoms with Gasteiger partial charge < -0.3 is 9.84 Å². The summed E-state index contributed by atoms with van der Waals surface area (Å²) < 4.78 is 4.96. The molecule has 1 aromatic rings. The van der Waals surface area contributed by atoms with E-state index in [1.165, 1.54) is 0 Å². The molecule has 0 bridgehead atoms. The van der Waals surface area contributed by atoms with Crippen LogP contribution in [0.1, 0.15) is 25.1 Å². The first kappa shape index (κ1) is 11.7. The Hall–Kier alpha value is -1.36. The van der Waals surface area contributed by atoms with E-state index < -0.39 is 0 Å². The average Bonchev–Trinajstić information content (AvgIpc) is 2.47. The van der Waals surface area contributed by atoms with E-state index in [2.05, 4.69) is 15.8 Å². The number of aryl methyl sites for hydroxylation is 1. The van der Waals surface area contributed by atoms with E-state index in [1.54, 1.807) is 0 Å². The maximum Gasteiger partial charge on any atom is 0.240 e. The van der Waals surface area contributed by atoms with Gasteiger partial charge in [-0.3, -0.25) is 10.1 Å². The highest BCUT2D eigenvalue weighted by Gasteiger charge is 2.11. The van der Waals surface area contributed by atoms with Crippen LogP contribution in [0, 0.1) is 13.8 Å². The lowest BCUT2D eigenvalue weighted by molar-refractivity contribution is -0.115. The molecule has 0 saturated carbocycles. The summed E-state index contributed by atoms with van der Waals surface area (Å²) in [6, 6.07) is 0.285. The number of hydrogen-bond donors (Lipinski definition) is 2. The molecule has 15 heavy (non-hydrogen) atoms. The van der Waals surface area contributed by atoms with Gasteiger partial charge in [-0.15, -0.1) is 0 Å². The van der Waals surface area contributed by atoms with E-state index in [1.807, 2.05) is 27.7 Å². The highest BCUT2D eigenvalue weighted by atomic mass is 16.5. The lowest BCUT2D eigenvalue weighted by Gasteiger charge is -2.07. The molecular weight excluding hydrogens is 194 g/mol. The molecule has 0 spiro atoms. The molecule has 0 aliphatic carbocycles. The summed E-state index contributed by atoms with van der Waals surface area (Å²) in [5.74, 6) is 0.311. The Kier molecular flexibility index (Phi) is 3.85. The topological polar surface area (TPSA) is 67.2 Å². The maximum absolute atomic E-state index is 11.4. The zero-order valence-corrected chi connectivity index (χ0v) is 9.55. The molecule has 0 unspecified atom stereocenters. The van der Waals surface area contributed by atoms with Gasteiger partial charge in [0.15, 0.2) is 0 Å². The number of rotatable bonds is 4. The Labute approximate surface area is 89.2 Å². The minimum Gasteiger partial charge on any atom is -0.338 e. The summed E-state index contributed by atoms with van der Waals surface area (Å²) in [5, 5.41) is 9.43. The highest BCUT2D eigenvalue weighted by molar-refractivity contribution is 5.91. The zero-order chi connectivity index (χ0) is 11.4. The van der Waals surface area contributed by atoms with E-state index in [4.69, 9.17) is 4.52 Å². The van der Waals surface area contributed by atoms with E-state index in [0.717, 1.165) is 11.3 Å². The fourth-order valence-corrected chi connectivity index (χ4v) is 1.000. The maximum atomic E-state index is 11.4. The second-order valence-electron chi connectivity index (χ2n) is 3.81. The van der Waals surface area contributed by atoms with Crippen LogP contribution >= 0.6 is 0 Å². The summed E-state index contributed by atoms with van der Waals surface area (Å²) in [6.45, 7) is 7.93. The van der Waals surface area contributed by atoms with E-state index in [-0.39, 0.29) is 18.5 Å². The van der Waals surface area contributed by atoms with Crippen LogP contribution in [-0.4, -0.2) is 23.7 Å². The summed E-state index contributed by atoms with van der Waals surface area (Å²) in [7, 11) is 0. The van der Waals surface area contributed by atoms with Gasteiger partial charge in [-0.25, -0.2) is 0 Å². The van der Waals surface area contributed by atoms with Crippen LogP contribution in [0.4, 0.5) is 5.88 Å². The highest BCUT2D eigenvalue weighted by Crippen LogP contribution is 2.16. The van der Waals surface area contributed by atoms with Crippen molar-refractivity contribution < 1.29 is 9.32 Å². The standard InChI is InChI=1S/C10H17N3O2/c1-6(2)11-5-9(14)12-10-7(3)8(4)13-15-10/h6,11H,5H2,1-4H3,(H,12,14). The van der Waals surface area contributed by atoms with Crippen LogP contribution in [-0.2, 0) is 4.79 Å². The Morgan fingerprint density at radius 2 is 2.13 bits per heavy atom. The van der Waals surface area contributed by atoms with Crippen LogP contribution in [0.5, 0.6) is 0 Å². The van der Waals surface area contributed by atoms with Crippen molar-refractivity contribution in [1.82, 2.24) is 10.5 Å². The predicted molar refractivity (Wildman–Crippen MR) is 57.7 cm³/mol. The molecule has 0 radical (unpaired) electrons. The van der Waals surface area contributed by atoms with Gasteiger partial charge >= 0.3 is 0 Å². The first-order chi connectivity index (χ1) is 7.00. The molecule has 2 N–H and O–H groups in total. The summed E-state index contributed by atoms with van der Waals surface area (Å²) in [4.78, 5) is 11.4. The third-order valence-corrected chi connectivity index (χ3v) is 2.08. The number of carbonyl (C=O) groups excluding carboxylic acids is 1. The number of carbonyl (C=O) groups is 1. The number of amides is 1. The second-order valence-corrected chi connectivity index (χ2v) is 3.81. The first-order valence-electron chi connectivity index (χ1n) is 4.96. The second kappa shape index (κ2) is 4.93. The predicted octanol–water partition coefficient (Wildman–Crippen LogP) is 1.23. The van der Waals surface area contributed by atoms with Crippen LogP contribution in [0.15, 0.2) is 4.52 Å². The molecule has 84 valence electrons. The Balaban J connectivity index is 2.48. The molecular formula is C10H17N3O2. The molecule has 0 saturated heterocycles. The van der Waals surface area contributed by atoms with Gasteiger partial charge in [-0.2, -0.15) is 0 Å². The van der Waals surface area contributed by atoms with E-state index in [9.17, 15) is 4.79 Å². The monoisotopic (exact) mass is 211 g/mol. The van der Waals surface area contributed by atoms with Crippen molar-refractivity contribution in [3.8, 4) is 0 Å². The number of hydrogen-bond acceptors (Lipinski definition) is 4. The van der Waals surface area contributed by atoms with E-state index >= 15 is 0 Å². The van der Waals surface area contributed by atoms with Crippen molar-refractivity contribution in [3.63, 3.8) is 0 Å². The van der Waals surface area contributed by atoms with Crippen molar-refractivity contribution >= 4 is 11.8 Å². The lowest BCUT2D eigenvalue weighted by atomic mass is 10.3. The molecule has 0 aliphatic heterocycles. The molecule has 1 heterocycles. The normalized spacial score (nSPS) is 10.7. The van der Waals surface area contributed by atoms with Gasteiger partial charge in [0.1, 0.15) is 0 Å². The molecule has 1 aromatic heterocycles. The Bertz CT molecular complexity index is 344. The van der Waals surface area contributed by atoms with Gasteiger partial charge in [0.05, 0.1) is 12.2 Å². The van der Waals surface area contributed by atoms with Crippen LogP contribution in [0.3, 0.4) is 0 Å². The summed E-state index contributed by atoms with van der Waals surface area (Å²) in [5.41, 5.74) is 1.66. The van der Waals surface area contributed by atoms with Gasteiger partial charge in [0.2, 0.25) is 11.8 Å². The molecule has 0 atom stereocenters. The third kappa shape index (κ3) is 3.36. The molecule has 1 amide bonds. The van der Waals surface area contributed by atoms with Crippen LogP contribution < -0.4 is 10.6 Å². The quantitative estimate of drug-likeness (QED) is 0.786. The minimum atomic E-state index is -0.122. The van der Waals surface area contributed by atoms with E-state index in [0.29, 0.717) is 5.88 Å². The fraction of sp³-hybridized carbons (Fsp3) is 0.600. The number of anilines is 1. The molecule has 1 rings (SSSR count). The van der Waals surface area contributed by atoms with Crippen molar-refractivity contribution in [2.45, 2.75) is 33.7 Å². The third-order valence-electron chi connectivity index (χ3n) is 2.08. The van der Waals surface area contributed by atoms with Crippen molar-refractivity contribution in [3.05, 3.63) is 11.3 Å². The molecule has 5 heteroatoms. The summed E-state index contributed by atoms with van der Waals surface area (Å²) >= 11 is 0. The van der Waals surface area contributed by atoms with Gasteiger partial charge in [0.25, 0.3) is 0 Å². The lowest BCUT2D eigenvalue weighted by Crippen LogP contribution is -2.32. The number of aromatic nitrogens is 1. The van der Waals surface area contributed by atoms with Gasteiger partial charge in [-0.05, 0) is 13.8 Å². The molecule has 0 aromatic carbocycles. The van der Waals surface area contributed by atoms with Gasteiger partial charge in [-0.1, -0.05) is 19.0 Å². The van der Waals surface area contributed by atoms with Crippen molar-refractivity contribution in [1.29, 1.82) is 0 Å². The number of nitrogens with one attached hydrogen (secondary N) is 2. The fourth-order valence-electron chi connectivity index (χ4n) is 1.000. The Morgan fingerprint density at radius 3 is 2.60 bits per heavy atom. The van der Waals surface area contributed by atoms with Crippen molar-refractivity contribution in [2.24, 2.45) is 0 Å². The largest absolute Gasteiger partial charge is 0.338 e. The smallest absolute Gasteiger partial charge is 0.240 e. The van der Waals surface area contributed by atoms with Crippen molar-refractivity contribution in [2.75, 3.05) is 11.9 Å². The minimum absolute atomic E-state index is 0.122. The Morgan fingerprint density at radius 1 is 1.47 bits per heavy atom.